The summed E-state index contributed by atoms with van der Waals surface area (Å²) in [6, 6.07) is 17.5. The van der Waals surface area contributed by atoms with Crippen LogP contribution in [0.25, 0.3) is 10.9 Å². The van der Waals surface area contributed by atoms with Crippen LogP contribution < -0.4 is 10.1 Å². The van der Waals surface area contributed by atoms with E-state index in [0.717, 1.165) is 27.8 Å². The number of carbonyl (C=O) groups is 1. The van der Waals surface area contributed by atoms with Crippen molar-refractivity contribution in [2.45, 2.75) is 25.5 Å². The lowest BCUT2D eigenvalue weighted by Crippen LogP contribution is -2.45. The standard InChI is InChI=1S/C20H18N2O2/c1-20(2)19(23)22-18(15-8-4-6-10-17(15)24-20)14-11-13-7-3-5-9-16(13)21-12-14/h3-12,18H,1-2H3,(H,22,23). The van der Waals surface area contributed by atoms with Crippen LogP contribution in [0.1, 0.15) is 31.0 Å². The van der Waals surface area contributed by atoms with Gasteiger partial charge >= 0.3 is 0 Å². The van der Waals surface area contributed by atoms with Crippen LogP contribution in [0.3, 0.4) is 0 Å². The molecule has 2 heterocycles. The summed E-state index contributed by atoms with van der Waals surface area (Å²) in [5.41, 5.74) is 1.89. The van der Waals surface area contributed by atoms with Gasteiger partial charge in [0.15, 0.2) is 5.60 Å². The van der Waals surface area contributed by atoms with Crippen molar-refractivity contribution < 1.29 is 9.53 Å². The average Bonchev–Trinajstić information content (AvgIpc) is 2.69. The van der Waals surface area contributed by atoms with E-state index in [4.69, 9.17) is 4.74 Å². The molecule has 3 aromatic rings. The monoisotopic (exact) mass is 318 g/mol. The van der Waals surface area contributed by atoms with Crippen LogP contribution >= 0.6 is 0 Å². The summed E-state index contributed by atoms with van der Waals surface area (Å²) in [7, 11) is 0. The van der Waals surface area contributed by atoms with Crippen molar-refractivity contribution in [1.29, 1.82) is 0 Å². The van der Waals surface area contributed by atoms with E-state index in [9.17, 15) is 4.79 Å². The second-order valence-corrected chi connectivity index (χ2v) is 6.52. The number of hydrogen-bond donors (Lipinski definition) is 1. The SMILES string of the molecule is CC1(C)Oc2ccccc2C(c2cnc3ccccc3c2)NC1=O. The molecule has 0 saturated heterocycles. The molecule has 4 nitrogen and oxygen atoms in total. The van der Waals surface area contributed by atoms with Crippen molar-refractivity contribution in [2.24, 2.45) is 0 Å². The minimum absolute atomic E-state index is 0.142. The number of ether oxygens (including phenoxy) is 1. The third-order valence-electron chi connectivity index (χ3n) is 4.36. The highest BCUT2D eigenvalue weighted by Gasteiger charge is 2.37. The summed E-state index contributed by atoms with van der Waals surface area (Å²) >= 11 is 0. The van der Waals surface area contributed by atoms with Crippen molar-refractivity contribution >= 4 is 16.8 Å². The number of amides is 1. The van der Waals surface area contributed by atoms with Crippen molar-refractivity contribution in [3.05, 3.63) is 71.9 Å². The number of nitrogens with one attached hydrogen (secondary N) is 1. The number of carbonyl (C=O) groups excluding carboxylic acids is 1. The first-order valence-electron chi connectivity index (χ1n) is 7.98. The number of benzene rings is 2. The number of aromatic nitrogens is 1. The molecule has 120 valence electrons. The minimum Gasteiger partial charge on any atom is -0.478 e. The third-order valence-corrected chi connectivity index (χ3v) is 4.36. The molecule has 24 heavy (non-hydrogen) atoms. The van der Waals surface area contributed by atoms with Gasteiger partial charge in [0.25, 0.3) is 5.91 Å². The highest BCUT2D eigenvalue weighted by molar-refractivity contribution is 5.87. The highest BCUT2D eigenvalue weighted by atomic mass is 16.5. The summed E-state index contributed by atoms with van der Waals surface area (Å²) in [6.07, 6.45) is 1.82. The Morgan fingerprint density at radius 1 is 1.08 bits per heavy atom. The average molecular weight is 318 g/mol. The van der Waals surface area contributed by atoms with Gasteiger partial charge in [-0.15, -0.1) is 0 Å². The first-order valence-corrected chi connectivity index (χ1v) is 7.98. The molecule has 0 aliphatic carbocycles. The highest BCUT2D eigenvalue weighted by Crippen LogP contribution is 2.35. The summed E-state index contributed by atoms with van der Waals surface area (Å²) in [5, 5.41) is 4.15. The van der Waals surface area contributed by atoms with Crippen LogP contribution in [0.4, 0.5) is 0 Å². The molecular formula is C20H18N2O2. The fourth-order valence-electron chi connectivity index (χ4n) is 3.02. The first kappa shape index (κ1) is 14.7. The Balaban J connectivity index is 1.87. The fourth-order valence-corrected chi connectivity index (χ4v) is 3.02. The van der Waals surface area contributed by atoms with Gasteiger partial charge in [-0.1, -0.05) is 36.4 Å². The number of pyridine rings is 1. The minimum atomic E-state index is -0.921. The number of hydrogen-bond acceptors (Lipinski definition) is 3. The maximum Gasteiger partial charge on any atom is 0.264 e. The molecule has 1 amide bonds. The zero-order valence-electron chi connectivity index (χ0n) is 13.6. The normalized spacial score (nSPS) is 19.1. The van der Waals surface area contributed by atoms with E-state index in [1.807, 2.05) is 54.7 Å². The predicted molar refractivity (Wildman–Crippen MR) is 92.9 cm³/mol. The topological polar surface area (TPSA) is 51.2 Å². The van der Waals surface area contributed by atoms with Crippen molar-refractivity contribution in [3.8, 4) is 5.75 Å². The van der Waals surface area contributed by atoms with Crippen molar-refractivity contribution in [2.75, 3.05) is 0 Å². The van der Waals surface area contributed by atoms with E-state index in [0.29, 0.717) is 0 Å². The molecule has 1 aliphatic heterocycles. The van der Waals surface area contributed by atoms with Gasteiger partial charge in [-0.2, -0.15) is 0 Å². The Kier molecular flexibility index (Phi) is 3.27. The van der Waals surface area contributed by atoms with Crippen LogP contribution in [-0.4, -0.2) is 16.5 Å². The van der Waals surface area contributed by atoms with Crippen LogP contribution in [0, 0.1) is 0 Å². The first-order chi connectivity index (χ1) is 11.5. The molecule has 0 spiro atoms. The summed E-state index contributed by atoms with van der Waals surface area (Å²) < 4.78 is 5.96. The largest absolute Gasteiger partial charge is 0.478 e. The van der Waals surface area contributed by atoms with Gasteiger partial charge in [-0.25, -0.2) is 0 Å². The molecule has 1 atom stereocenters. The predicted octanol–water partition coefficient (Wildman–Crippen LogP) is 3.61. The molecule has 0 fully saturated rings. The van der Waals surface area contributed by atoms with E-state index in [1.165, 1.54) is 0 Å². The quantitative estimate of drug-likeness (QED) is 0.745. The maximum absolute atomic E-state index is 12.6. The Morgan fingerprint density at radius 3 is 2.71 bits per heavy atom. The zero-order chi connectivity index (χ0) is 16.7. The lowest BCUT2D eigenvalue weighted by atomic mass is 9.98. The number of nitrogens with zero attached hydrogens (tertiary/aromatic N) is 1. The zero-order valence-corrected chi connectivity index (χ0v) is 13.6. The fraction of sp³-hybridized carbons (Fsp3) is 0.200. The van der Waals surface area contributed by atoms with Gasteiger partial charge in [0.1, 0.15) is 5.75 Å². The number of rotatable bonds is 1. The van der Waals surface area contributed by atoms with E-state index >= 15 is 0 Å². The molecule has 0 saturated carbocycles. The van der Waals surface area contributed by atoms with Crippen LogP contribution in [0.15, 0.2) is 60.8 Å². The molecule has 1 aliphatic rings. The van der Waals surface area contributed by atoms with Crippen LogP contribution in [-0.2, 0) is 4.79 Å². The van der Waals surface area contributed by atoms with Crippen LogP contribution in [0.2, 0.25) is 0 Å². The molecule has 1 N–H and O–H groups in total. The van der Waals surface area contributed by atoms with Gasteiger partial charge < -0.3 is 10.1 Å². The van der Waals surface area contributed by atoms with E-state index in [2.05, 4.69) is 16.4 Å². The molecule has 2 aromatic carbocycles. The third kappa shape index (κ3) is 2.40. The Morgan fingerprint density at radius 2 is 1.83 bits per heavy atom. The summed E-state index contributed by atoms with van der Waals surface area (Å²) in [4.78, 5) is 17.1. The molecule has 0 radical (unpaired) electrons. The summed E-state index contributed by atoms with van der Waals surface area (Å²) in [6.45, 7) is 3.56. The van der Waals surface area contributed by atoms with E-state index in [1.54, 1.807) is 13.8 Å². The van der Waals surface area contributed by atoms with Crippen LogP contribution in [0.5, 0.6) is 5.75 Å². The summed E-state index contributed by atoms with van der Waals surface area (Å²) in [5.74, 6) is 0.580. The van der Waals surface area contributed by atoms with Gasteiger partial charge in [0, 0.05) is 17.1 Å². The molecule has 0 bridgehead atoms. The Bertz CT molecular complexity index is 934. The molecule has 1 aromatic heterocycles. The van der Waals surface area contributed by atoms with Crippen molar-refractivity contribution in [1.82, 2.24) is 10.3 Å². The Hall–Kier alpha value is -2.88. The smallest absolute Gasteiger partial charge is 0.264 e. The lowest BCUT2D eigenvalue weighted by molar-refractivity contribution is -0.133. The maximum atomic E-state index is 12.6. The van der Waals surface area contributed by atoms with Gasteiger partial charge in [0.2, 0.25) is 0 Å². The van der Waals surface area contributed by atoms with Gasteiger partial charge in [0.05, 0.1) is 11.6 Å². The van der Waals surface area contributed by atoms with Gasteiger partial charge in [-0.05, 0) is 37.6 Å². The number of para-hydroxylation sites is 2. The molecule has 1 unspecified atom stereocenters. The lowest BCUT2D eigenvalue weighted by Gasteiger charge is -2.22. The van der Waals surface area contributed by atoms with E-state index < -0.39 is 5.60 Å². The van der Waals surface area contributed by atoms with E-state index in [-0.39, 0.29) is 11.9 Å². The molecule has 4 rings (SSSR count). The second kappa shape index (κ2) is 5.34. The molecule has 4 heteroatoms. The Labute approximate surface area is 140 Å². The van der Waals surface area contributed by atoms with Gasteiger partial charge in [-0.3, -0.25) is 9.78 Å². The second-order valence-electron chi connectivity index (χ2n) is 6.52. The van der Waals surface area contributed by atoms with Crippen molar-refractivity contribution in [3.63, 3.8) is 0 Å². The number of fused-ring (bicyclic) bond motifs is 2. The molecular weight excluding hydrogens is 300 g/mol.